The quantitative estimate of drug-likeness (QED) is 0.914. The van der Waals surface area contributed by atoms with E-state index in [-0.39, 0.29) is 0 Å². The summed E-state index contributed by atoms with van der Waals surface area (Å²) in [7, 11) is 0. The van der Waals surface area contributed by atoms with E-state index in [0.29, 0.717) is 5.41 Å². The maximum Gasteiger partial charge on any atom is 0.310 e. The molecule has 0 radical (unpaired) electrons. The van der Waals surface area contributed by atoms with Gasteiger partial charge in [0.25, 0.3) is 0 Å². The van der Waals surface area contributed by atoms with E-state index in [4.69, 9.17) is 5.11 Å². The summed E-state index contributed by atoms with van der Waals surface area (Å²) < 4.78 is 0. The minimum Gasteiger partial charge on any atom is -0.481 e. The van der Waals surface area contributed by atoms with Gasteiger partial charge in [-0.3, -0.25) is 9.69 Å². The van der Waals surface area contributed by atoms with E-state index in [9.17, 15) is 4.79 Å². The largest absolute Gasteiger partial charge is 0.481 e. The Morgan fingerprint density at radius 2 is 1.90 bits per heavy atom. The predicted octanol–water partition coefficient (Wildman–Crippen LogP) is 3.89. The van der Waals surface area contributed by atoms with Crippen LogP contribution in [0.15, 0.2) is 24.3 Å². The lowest BCUT2D eigenvalue weighted by Crippen LogP contribution is -2.25. The van der Waals surface area contributed by atoms with Gasteiger partial charge in [-0.1, -0.05) is 38.1 Å². The first kappa shape index (κ1) is 16.0. The lowest BCUT2D eigenvalue weighted by Gasteiger charge is -2.23. The number of rotatable bonds is 4. The van der Waals surface area contributed by atoms with Gasteiger partial charge in [0.15, 0.2) is 0 Å². The van der Waals surface area contributed by atoms with Crippen LogP contribution in [0.3, 0.4) is 0 Å². The zero-order chi connectivity index (χ0) is 15.5. The van der Waals surface area contributed by atoms with E-state index in [1.807, 2.05) is 12.1 Å². The number of nitrogens with zero attached hydrogens (tertiary/aromatic N) is 1. The summed E-state index contributed by atoms with van der Waals surface area (Å²) in [6, 6.07) is 8.06. The molecule has 0 aromatic heterocycles. The van der Waals surface area contributed by atoms with Gasteiger partial charge >= 0.3 is 5.97 Å². The molecule has 1 aliphatic heterocycles. The van der Waals surface area contributed by atoms with E-state index < -0.39 is 11.9 Å². The van der Waals surface area contributed by atoms with Crippen LogP contribution in [0.2, 0.25) is 0 Å². The van der Waals surface area contributed by atoms with Gasteiger partial charge in [-0.05, 0) is 55.8 Å². The molecule has 1 N–H and O–H groups in total. The van der Waals surface area contributed by atoms with Crippen molar-refractivity contribution < 1.29 is 9.90 Å². The zero-order valence-electron chi connectivity index (χ0n) is 13.4. The number of carboxylic acid groups (broad SMARTS) is 1. The Bertz CT molecular complexity index is 478. The van der Waals surface area contributed by atoms with Crippen LogP contribution in [0.5, 0.6) is 0 Å². The molecule has 0 saturated carbocycles. The predicted molar refractivity (Wildman–Crippen MR) is 85.4 cm³/mol. The van der Waals surface area contributed by atoms with Crippen LogP contribution >= 0.6 is 0 Å². The third kappa shape index (κ3) is 4.57. The average molecular weight is 289 g/mol. The SMILES string of the molecule is CC(C(=O)O)c1ccc(CN2CCCC(C)(C)CC2)cc1. The molecule has 1 saturated heterocycles. The van der Waals surface area contributed by atoms with Crippen molar-refractivity contribution in [3.05, 3.63) is 35.4 Å². The Morgan fingerprint density at radius 3 is 2.52 bits per heavy atom. The van der Waals surface area contributed by atoms with E-state index in [2.05, 4.69) is 30.9 Å². The smallest absolute Gasteiger partial charge is 0.310 e. The Morgan fingerprint density at radius 1 is 1.24 bits per heavy atom. The van der Waals surface area contributed by atoms with E-state index in [1.54, 1.807) is 6.92 Å². The normalized spacial score (nSPS) is 20.7. The van der Waals surface area contributed by atoms with Crippen molar-refractivity contribution in [1.29, 1.82) is 0 Å². The van der Waals surface area contributed by atoms with Gasteiger partial charge in [0, 0.05) is 6.54 Å². The molecule has 0 bridgehead atoms. The Labute approximate surface area is 128 Å². The molecule has 0 spiro atoms. The molecule has 1 aliphatic rings. The summed E-state index contributed by atoms with van der Waals surface area (Å²) in [4.78, 5) is 13.5. The van der Waals surface area contributed by atoms with Crippen molar-refractivity contribution in [3.8, 4) is 0 Å². The molecule has 2 rings (SSSR count). The fraction of sp³-hybridized carbons (Fsp3) is 0.611. The number of carbonyl (C=O) groups is 1. The molecule has 0 aliphatic carbocycles. The molecular weight excluding hydrogens is 262 g/mol. The number of benzene rings is 1. The standard InChI is InChI=1S/C18H27NO2/c1-14(17(20)21)16-7-5-15(6-8-16)13-19-11-4-9-18(2,3)10-12-19/h5-8,14H,4,9-13H2,1-3H3,(H,20,21). The van der Waals surface area contributed by atoms with Crippen molar-refractivity contribution in [3.63, 3.8) is 0 Å². The van der Waals surface area contributed by atoms with Crippen LogP contribution in [-0.4, -0.2) is 29.1 Å². The summed E-state index contributed by atoms with van der Waals surface area (Å²) in [5.74, 6) is -1.20. The Balaban J connectivity index is 1.96. The highest BCUT2D eigenvalue weighted by Crippen LogP contribution is 2.30. The molecule has 116 valence electrons. The number of hydrogen-bond acceptors (Lipinski definition) is 2. The second-order valence-corrected chi connectivity index (χ2v) is 7.10. The molecule has 1 unspecified atom stereocenters. The van der Waals surface area contributed by atoms with Gasteiger partial charge in [0.1, 0.15) is 0 Å². The zero-order valence-corrected chi connectivity index (χ0v) is 13.4. The van der Waals surface area contributed by atoms with Crippen LogP contribution in [0.25, 0.3) is 0 Å². The molecule has 1 aromatic carbocycles. The van der Waals surface area contributed by atoms with E-state index in [0.717, 1.165) is 25.2 Å². The Hall–Kier alpha value is -1.35. The van der Waals surface area contributed by atoms with Gasteiger partial charge in [0.2, 0.25) is 0 Å². The summed E-state index contributed by atoms with van der Waals surface area (Å²) in [5.41, 5.74) is 2.62. The van der Waals surface area contributed by atoms with Crippen molar-refractivity contribution in [2.45, 2.75) is 52.5 Å². The minimum absolute atomic E-state index is 0.432. The van der Waals surface area contributed by atoms with Gasteiger partial charge in [-0.15, -0.1) is 0 Å². The molecular formula is C18H27NO2. The summed E-state index contributed by atoms with van der Waals surface area (Å²) >= 11 is 0. The van der Waals surface area contributed by atoms with Crippen molar-refractivity contribution >= 4 is 5.97 Å². The van der Waals surface area contributed by atoms with Gasteiger partial charge < -0.3 is 5.11 Å². The van der Waals surface area contributed by atoms with Crippen molar-refractivity contribution in [2.75, 3.05) is 13.1 Å². The highest BCUT2D eigenvalue weighted by atomic mass is 16.4. The molecule has 3 nitrogen and oxygen atoms in total. The maximum atomic E-state index is 11.0. The number of aliphatic carboxylic acids is 1. The molecule has 3 heteroatoms. The second-order valence-electron chi connectivity index (χ2n) is 7.10. The third-order valence-electron chi connectivity index (χ3n) is 4.69. The summed E-state index contributed by atoms with van der Waals surface area (Å²) in [6.07, 6.45) is 3.82. The number of likely N-dealkylation sites (tertiary alicyclic amines) is 1. The highest BCUT2D eigenvalue weighted by molar-refractivity contribution is 5.75. The van der Waals surface area contributed by atoms with Crippen molar-refractivity contribution in [1.82, 2.24) is 4.90 Å². The van der Waals surface area contributed by atoms with Gasteiger partial charge in [-0.2, -0.15) is 0 Å². The van der Waals surface area contributed by atoms with Crippen LogP contribution in [0.1, 0.15) is 57.1 Å². The average Bonchev–Trinajstić information content (AvgIpc) is 2.60. The first-order chi connectivity index (χ1) is 9.87. The van der Waals surface area contributed by atoms with Crippen LogP contribution in [0.4, 0.5) is 0 Å². The lowest BCUT2D eigenvalue weighted by atomic mass is 9.85. The first-order valence-corrected chi connectivity index (χ1v) is 7.91. The molecule has 1 aromatic rings. The molecule has 1 heterocycles. The van der Waals surface area contributed by atoms with E-state index >= 15 is 0 Å². The fourth-order valence-corrected chi connectivity index (χ4v) is 2.95. The van der Waals surface area contributed by atoms with Crippen molar-refractivity contribution in [2.24, 2.45) is 5.41 Å². The molecule has 1 atom stereocenters. The summed E-state index contributed by atoms with van der Waals surface area (Å²) in [6.45, 7) is 9.74. The van der Waals surface area contributed by atoms with Gasteiger partial charge in [0.05, 0.1) is 5.92 Å². The molecule has 21 heavy (non-hydrogen) atoms. The second kappa shape index (κ2) is 6.61. The maximum absolute atomic E-state index is 11.0. The first-order valence-electron chi connectivity index (χ1n) is 7.91. The summed E-state index contributed by atoms with van der Waals surface area (Å²) in [5, 5.41) is 9.04. The lowest BCUT2D eigenvalue weighted by molar-refractivity contribution is -0.138. The number of carboxylic acids is 1. The Kier molecular flexibility index (Phi) is 5.04. The van der Waals surface area contributed by atoms with Crippen LogP contribution in [0, 0.1) is 5.41 Å². The van der Waals surface area contributed by atoms with Gasteiger partial charge in [-0.25, -0.2) is 0 Å². The molecule has 1 fully saturated rings. The van der Waals surface area contributed by atoms with Crippen LogP contribution in [-0.2, 0) is 11.3 Å². The van der Waals surface area contributed by atoms with Crippen LogP contribution < -0.4 is 0 Å². The molecule has 0 amide bonds. The monoisotopic (exact) mass is 289 g/mol. The number of hydrogen-bond donors (Lipinski definition) is 1. The highest BCUT2D eigenvalue weighted by Gasteiger charge is 2.23. The van der Waals surface area contributed by atoms with E-state index in [1.165, 1.54) is 24.8 Å². The third-order valence-corrected chi connectivity index (χ3v) is 4.69. The fourth-order valence-electron chi connectivity index (χ4n) is 2.95. The topological polar surface area (TPSA) is 40.5 Å². The minimum atomic E-state index is -0.766.